The van der Waals surface area contributed by atoms with Crippen LogP contribution in [0.25, 0.3) is 0 Å². The monoisotopic (exact) mass is 572 g/mol. The van der Waals surface area contributed by atoms with Crippen LogP contribution >= 0.6 is 23.8 Å². The Morgan fingerprint density at radius 1 is 0.950 bits per heavy atom. The SMILES string of the molecule is NC(=S)N1N=C(c2ccc(OCc3ccc(Cl)cc3)cc2)CC1c1cccc(OCc2cccc([N+](=O)[O-])c2)c1. The van der Waals surface area contributed by atoms with Crippen molar-refractivity contribution in [3.63, 3.8) is 0 Å². The Bertz CT molecular complexity index is 1560. The van der Waals surface area contributed by atoms with Gasteiger partial charge in [-0.25, -0.2) is 5.01 Å². The van der Waals surface area contributed by atoms with Crippen LogP contribution in [0.3, 0.4) is 0 Å². The Labute approximate surface area is 241 Å². The molecule has 1 aliphatic rings. The molecule has 1 aliphatic heterocycles. The van der Waals surface area contributed by atoms with Gasteiger partial charge in [0.15, 0.2) is 5.11 Å². The number of rotatable bonds is 9. The lowest BCUT2D eigenvalue weighted by molar-refractivity contribution is -0.384. The topological polar surface area (TPSA) is 103 Å². The lowest BCUT2D eigenvalue weighted by Crippen LogP contribution is -2.31. The van der Waals surface area contributed by atoms with Crippen LogP contribution < -0.4 is 15.2 Å². The minimum Gasteiger partial charge on any atom is -0.489 e. The Hall–Kier alpha value is -4.47. The van der Waals surface area contributed by atoms with Crippen molar-refractivity contribution < 1.29 is 14.4 Å². The summed E-state index contributed by atoms with van der Waals surface area (Å²) in [6, 6.07) is 29.1. The van der Waals surface area contributed by atoms with Crippen LogP contribution in [-0.2, 0) is 13.2 Å². The number of nitro benzene ring substituents is 1. The van der Waals surface area contributed by atoms with E-state index in [0.717, 1.165) is 28.2 Å². The quantitative estimate of drug-likeness (QED) is 0.134. The van der Waals surface area contributed by atoms with Gasteiger partial charge in [0.05, 0.1) is 16.7 Å². The van der Waals surface area contributed by atoms with E-state index in [-0.39, 0.29) is 23.4 Å². The Kier molecular flexibility index (Phi) is 8.23. The molecular weight excluding hydrogens is 548 g/mol. The maximum absolute atomic E-state index is 11.1. The van der Waals surface area contributed by atoms with E-state index >= 15 is 0 Å². The van der Waals surface area contributed by atoms with Crippen LogP contribution in [0.15, 0.2) is 102 Å². The van der Waals surface area contributed by atoms with Crippen molar-refractivity contribution in [3.05, 3.63) is 134 Å². The third kappa shape index (κ3) is 6.56. The number of halogens is 1. The van der Waals surface area contributed by atoms with Gasteiger partial charge in [-0.3, -0.25) is 10.1 Å². The van der Waals surface area contributed by atoms with Gasteiger partial charge in [-0.1, -0.05) is 48.0 Å². The predicted octanol–water partition coefficient (Wildman–Crippen LogP) is 6.80. The summed E-state index contributed by atoms with van der Waals surface area (Å²) in [4.78, 5) is 10.6. The van der Waals surface area contributed by atoms with Crippen molar-refractivity contribution in [1.82, 2.24) is 5.01 Å². The van der Waals surface area contributed by atoms with E-state index in [1.54, 1.807) is 17.1 Å². The summed E-state index contributed by atoms with van der Waals surface area (Å²) < 4.78 is 11.8. The van der Waals surface area contributed by atoms with Crippen molar-refractivity contribution in [2.45, 2.75) is 25.7 Å². The summed E-state index contributed by atoms with van der Waals surface area (Å²) in [5.41, 5.74) is 10.5. The first-order valence-electron chi connectivity index (χ1n) is 12.5. The molecule has 1 unspecified atom stereocenters. The lowest BCUT2D eigenvalue weighted by atomic mass is 9.98. The van der Waals surface area contributed by atoms with Gasteiger partial charge in [-0.2, -0.15) is 5.10 Å². The molecule has 0 bridgehead atoms. The van der Waals surface area contributed by atoms with Gasteiger partial charge in [-0.15, -0.1) is 0 Å². The largest absolute Gasteiger partial charge is 0.489 e. The molecule has 0 aromatic heterocycles. The smallest absolute Gasteiger partial charge is 0.269 e. The summed E-state index contributed by atoms with van der Waals surface area (Å²) in [5.74, 6) is 1.37. The number of nitrogens with zero attached hydrogens (tertiary/aromatic N) is 3. The predicted molar refractivity (Wildman–Crippen MR) is 159 cm³/mol. The van der Waals surface area contributed by atoms with Crippen molar-refractivity contribution >= 4 is 40.3 Å². The van der Waals surface area contributed by atoms with Crippen molar-refractivity contribution in [2.75, 3.05) is 0 Å². The van der Waals surface area contributed by atoms with E-state index in [1.165, 1.54) is 12.1 Å². The minimum absolute atomic E-state index is 0.0266. The van der Waals surface area contributed by atoms with Crippen LogP contribution in [0.2, 0.25) is 5.02 Å². The van der Waals surface area contributed by atoms with E-state index in [4.69, 9.17) is 44.1 Å². The van der Waals surface area contributed by atoms with E-state index in [0.29, 0.717) is 29.4 Å². The van der Waals surface area contributed by atoms with Gasteiger partial charge in [0.2, 0.25) is 0 Å². The highest BCUT2D eigenvalue weighted by Crippen LogP contribution is 2.34. The van der Waals surface area contributed by atoms with E-state index in [2.05, 4.69) is 0 Å². The summed E-state index contributed by atoms with van der Waals surface area (Å²) in [6.45, 7) is 0.636. The van der Waals surface area contributed by atoms with Crippen molar-refractivity contribution in [1.29, 1.82) is 0 Å². The molecule has 2 N–H and O–H groups in total. The molecular formula is C30H25ClN4O4S. The molecule has 0 spiro atoms. The molecule has 202 valence electrons. The summed E-state index contributed by atoms with van der Waals surface area (Å²) in [6.07, 6.45) is 0.594. The first kappa shape index (κ1) is 27.1. The summed E-state index contributed by atoms with van der Waals surface area (Å²) in [5, 5.41) is 18.3. The van der Waals surface area contributed by atoms with Gasteiger partial charge in [0, 0.05) is 23.6 Å². The molecule has 1 atom stereocenters. The molecule has 40 heavy (non-hydrogen) atoms. The minimum atomic E-state index is -0.423. The van der Waals surface area contributed by atoms with Crippen LogP contribution in [0.4, 0.5) is 5.69 Å². The molecule has 0 radical (unpaired) electrons. The highest BCUT2D eigenvalue weighted by molar-refractivity contribution is 7.80. The number of thiocarbonyl (C=S) groups is 1. The normalized spacial score (nSPS) is 14.5. The first-order chi connectivity index (χ1) is 19.4. The second-order valence-electron chi connectivity index (χ2n) is 9.18. The molecule has 4 aromatic carbocycles. The fourth-order valence-corrected chi connectivity index (χ4v) is 4.67. The van der Waals surface area contributed by atoms with Gasteiger partial charge >= 0.3 is 0 Å². The van der Waals surface area contributed by atoms with Crippen molar-refractivity contribution in [3.8, 4) is 11.5 Å². The number of non-ortho nitro benzene ring substituents is 1. The molecule has 8 nitrogen and oxygen atoms in total. The third-order valence-electron chi connectivity index (χ3n) is 6.41. The second kappa shape index (κ2) is 12.1. The first-order valence-corrected chi connectivity index (χ1v) is 13.2. The average Bonchev–Trinajstić information content (AvgIpc) is 3.43. The Morgan fingerprint density at radius 3 is 2.38 bits per heavy atom. The molecule has 0 aliphatic carbocycles. The standard InChI is InChI=1S/C30H25ClN4O4S/c31-24-11-7-20(8-12-24)18-38-26-13-9-22(10-14-26)28-17-29(34(33-28)30(32)40)23-4-2-6-27(16-23)39-19-21-3-1-5-25(15-21)35(36)37/h1-16,29H,17-19H2,(H2,32,40). The summed E-state index contributed by atoms with van der Waals surface area (Å²) in [7, 11) is 0. The highest BCUT2D eigenvalue weighted by Gasteiger charge is 2.30. The number of ether oxygens (including phenoxy) is 2. The molecule has 0 saturated heterocycles. The molecule has 5 rings (SSSR count). The molecule has 0 fully saturated rings. The highest BCUT2D eigenvalue weighted by atomic mass is 35.5. The Morgan fingerprint density at radius 2 is 1.65 bits per heavy atom. The molecule has 0 amide bonds. The Balaban J connectivity index is 1.25. The second-order valence-corrected chi connectivity index (χ2v) is 10.0. The van der Waals surface area contributed by atoms with Crippen LogP contribution in [0, 0.1) is 10.1 Å². The van der Waals surface area contributed by atoms with Crippen LogP contribution in [-0.4, -0.2) is 20.8 Å². The number of nitro groups is 1. The maximum Gasteiger partial charge on any atom is 0.269 e. The third-order valence-corrected chi connectivity index (χ3v) is 6.85. The van der Waals surface area contributed by atoms with Gasteiger partial charge in [0.1, 0.15) is 24.7 Å². The zero-order chi connectivity index (χ0) is 28.1. The van der Waals surface area contributed by atoms with E-state index in [9.17, 15) is 10.1 Å². The molecule has 4 aromatic rings. The number of hydrogen-bond donors (Lipinski definition) is 1. The average molecular weight is 573 g/mol. The van der Waals surface area contributed by atoms with E-state index in [1.807, 2.05) is 72.8 Å². The maximum atomic E-state index is 11.1. The summed E-state index contributed by atoms with van der Waals surface area (Å²) >= 11 is 11.3. The van der Waals surface area contributed by atoms with Crippen LogP contribution in [0.5, 0.6) is 11.5 Å². The molecule has 1 heterocycles. The fraction of sp³-hybridized carbons (Fsp3) is 0.133. The zero-order valence-corrected chi connectivity index (χ0v) is 22.8. The number of hydrogen-bond acceptors (Lipinski definition) is 6. The number of benzene rings is 4. The van der Waals surface area contributed by atoms with E-state index < -0.39 is 4.92 Å². The lowest BCUT2D eigenvalue weighted by Gasteiger charge is -2.22. The van der Waals surface area contributed by atoms with Gasteiger partial charge in [-0.05, 0) is 83.0 Å². The fourth-order valence-electron chi connectivity index (χ4n) is 4.38. The van der Waals surface area contributed by atoms with Crippen LogP contribution in [0.1, 0.15) is 34.7 Å². The van der Waals surface area contributed by atoms with Gasteiger partial charge < -0.3 is 15.2 Å². The molecule has 10 heteroatoms. The number of nitrogens with two attached hydrogens (primary N) is 1. The number of hydrazone groups is 1. The molecule has 0 saturated carbocycles. The zero-order valence-electron chi connectivity index (χ0n) is 21.3. The van der Waals surface area contributed by atoms with Crippen molar-refractivity contribution in [2.24, 2.45) is 10.8 Å². The van der Waals surface area contributed by atoms with Gasteiger partial charge in [0.25, 0.3) is 5.69 Å².